The molecular weight excluding hydrogens is 333 g/mol. The Morgan fingerprint density at radius 2 is 1.96 bits per heavy atom. The Labute approximate surface area is 144 Å². The topological polar surface area (TPSA) is 63.9 Å². The van der Waals surface area contributed by atoms with Crippen molar-refractivity contribution in [2.75, 3.05) is 5.73 Å². The number of nitrogens with two attached hydrogens (primary N) is 1. The molecule has 0 saturated heterocycles. The number of H-pyrrole nitrogens is 1. The van der Waals surface area contributed by atoms with Crippen LogP contribution in [0.3, 0.4) is 0 Å². The van der Waals surface area contributed by atoms with Crippen LogP contribution < -0.4 is 10.5 Å². The summed E-state index contributed by atoms with van der Waals surface area (Å²) in [7, 11) is 0. The maximum atomic E-state index is 6.13. The number of benzene rings is 2. The summed E-state index contributed by atoms with van der Waals surface area (Å²) in [5.41, 5.74) is 9.10. The Morgan fingerprint density at radius 3 is 2.70 bits per heavy atom. The first-order valence-corrected chi connectivity index (χ1v) is 7.81. The molecule has 2 aromatic carbocycles. The van der Waals surface area contributed by atoms with E-state index in [0.29, 0.717) is 21.5 Å². The summed E-state index contributed by atoms with van der Waals surface area (Å²) in [6.07, 6.45) is -0.240. The molecule has 3 rings (SSSR count). The number of hydrogen-bond acceptors (Lipinski definition) is 3. The number of ether oxygens (including phenoxy) is 1. The Kier molecular flexibility index (Phi) is 4.46. The molecule has 3 N–H and O–H groups in total. The second-order valence-corrected chi connectivity index (χ2v) is 6.01. The van der Waals surface area contributed by atoms with E-state index >= 15 is 0 Å². The van der Waals surface area contributed by atoms with Gasteiger partial charge in [0.15, 0.2) is 0 Å². The summed E-state index contributed by atoms with van der Waals surface area (Å²) in [5, 5.41) is 8.34. The molecule has 0 spiro atoms. The third kappa shape index (κ3) is 3.60. The fraction of sp³-hybridized carbons (Fsp3) is 0.118. The quantitative estimate of drug-likeness (QED) is 0.644. The Morgan fingerprint density at radius 1 is 1.13 bits per heavy atom. The zero-order valence-corrected chi connectivity index (χ0v) is 13.9. The molecular formula is C17H15Cl2N3O. The smallest absolute Gasteiger partial charge is 0.139 e. The first kappa shape index (κ1) is 15.7. The highest BCUT2D eigenvalue weighted by atomic mass is 35.5. The summed E-state index contributed by atoms with van der Waals surface area (Å²) < 4.78 is 5.87. The minimum Gasteiger partial charge on any atom is -0.483 e. The van der Waals surface area contributed by atoms with Crippen LogP contribution in [0, 0.1) is 0 Å². The highest BCUT2D eigenvalue weighted by Crippen LogP contribution is 2.31. The summed E-state index contributed by atoms with van der Waals surface area (Å²) in [6.45, 7) is 1.92. The normalized spacial score (nSPS) is 12.1. The largest absolute Gasteiger partial charge is 0.483 e. The zero-order chi connectivity index (χ0) is 16.4. The predicted molar refractivity (Wildman–Crippen MR) is 93.9 cm³/mol. The van der Waals surface area contributed by atoms with Crippen molar-refractivity contribution in [3.05, 3.63) is 64.3 Å². The van der Waals surface area contributed by atoms with Crippen LogP contribution in [0.2, 0.25) is 10.0 Å². The van der Waals surface area contributed by atoms with E-state index < -0.39 is 0 Å². The van der Waals surface area contributed by atoms with Crippen LogP contribution in [0.25, 0.3) is 11.3 Å². The van der Waals surface area contributed by atoms with E-state index in [2.05, 4.69) is 10.2 Å². The summed E-state index contributed by atoms with van der Waals surface area (Å²) in [4.78, 5) is 0. The first-order chi connectivity index (χ1) is 11.0. The molecule has 3 aromatic rings. The lowest BCUT2D eigenvalue weighted by Gasteiger charge is -2.14. The van der Waals surface area contributed by atoms with Crippen molar-refractivity contribution in [3.63, 3.8) is 0 Å². The van der Waals surface area contributed by atoms with Gasteiger partial charge in [0.1, 0.15) is 11.9 Å². The molecule has 23 heavy (non-hydrogen) atoms. The molecule has 6 heteroatoms. The van der Waals surface area contributed by atoms with E-state index in [4.69, 9.17) is 33.7 Å². The molecule has 0 radical (unpaired) electrons. The number of hydrogen-bond donors (Lipinski definition) is 2. The van der Waals surface area contributed by atoms with Crippen LogP contribution in [0.4, 0.5) is 5.69 Å². The van der Waals surface area contributed by atoms with Crippen LogP contribution >= 0.6 is 23.2 Å². The lowest BCUT2D eigenvalue weighted by atomic mass is 10.1. The fourth-order valence-electron chi connectivity index (χ4n) is 2.22. The predicted octanol–water partition coefficient (Wildman–Crippen LogP) is 5.11. The van der Waals surface area contributed by atoms with Gasteiger partial charge < -0.3 is 10.5 Å². The molecule has 4 nitrogen and oxygen atoms in total. The van der Waals surface area contributed by atoms with Crippen LogP contribution in [-0.2, 0) is 0 Å². The number of nitrogen functional groups attached to an aromatic ring is 1. The third-order valence-corrected chi connectivity index (χ3v) is 3.95. The van der Waals surface area contributed by atoms with Gasteiger partial charge in [0.2, 0.25) is 0 Å². The molecule has 0 bridgehead atoms. The number of aromatic amines is 1. The van der Waals surface area contributed by atoms with Crippen LogP contribution in [-0.4, -0.2) is 10.2 Å². The molecule has 1 heterocycles. The number of nitrogens with zero attached hydrogens (tertiary/aromatic N) is 1. The van der Waals surface area contributed by atoms with E-state index in [1.807, 2.05) is 37.3 Å². The van der Waals surface area contributed by atoms with Crippen molar-refractivity contribution in [2.45, 2.75) is 13.0 Å². The molecule has 0 aliphatic heterocycles. The first-order valence-electron chi connectivity index (χ1n) is 7.06. The lowest BCUT2D eigenvalue weighted by Crippen LogP contribution is -2.03. The van der Waals surface area contributed by atoms with Gasteiger partial charge in [0.25, 0.3) is 0 Å². The van der Waals surface area contributed by atoms with Gasteiger partial charge in [0.05, 0.1) is 16.4 Å². The number of nitrogens with one attached hydrogen (secondary N) is 1. The van der Waals surface area contributed by atoms with Crippen molar-refractivity contribution in [3.8, 4) is 17.0 Å². The number of anilines is 1. The molecule has 0 saturated carbocycles. The van der Waals surface area contributed by atoms with Crippen molar-refractivity contribution in [2.24, 2.45) is 0 Å². The minimum atomic E-state index is -0.240. The molecule has 118 valence electrons. The van der Waals surface area contributed by atoms with Crippen LogP contribution in [0.5, 0.6) is 5.75 Å². The van der Waals surface area contributed by atoms with E-state index in [9.17, 15) is 0 Å². The molecule has 1 unspecified atom stereocenters. The second kappa shape index (κ2) is 6.52. The van der Waals surface area contributed by atoms with Gasteiger partial charge in [-0.3, -0.25) is 5.10 Å². The maximum Gasteiger partial charge on any atom is 0.139 e. The molecule has 0 amide bonds. The van der Waals surface area contributed by atoms with Crippen LogP contribution in [0.15, 0.2) is 48.5 Å². The van der Waals surface area contributed by atoms with Crippen molar-refractivity contribution >= 4 is 28.9 Å². The summed E-state index contributed by atoms with van der Waals surface area (Å²) in [5.74, 6) is 0.573. The van der Waals surface area contributed by atoms with Gasteiger partial charge in [0, 0.05) is 16.3 Å². The molecule has 1 atom stereocenters. The third-order valence-electron chi connectivity index (χ3n) is 3.42. The van der Waals surface area contributed by atoms with Gasteiger partial charge in [-0.05, 0) is 43.3 Å². The minimum absolute atomic E-state index is 0.240. The zero-order valence-electron chi connectivity index (χ0n) is 12.4. The Hall–Kier alpha value is -2.17. The average Bonchev–Trinajstić information content (AvgIpc) is 3.00. The average molecular weight is 348 g/mol. The van der Waals surface area contributed by atoms with Crippen molar-refractivity contribution in [1.29, 1.82) is 0 Å². The second-order valence-electron chi connectivity index (χ2n) is 5.17. The van der Waals surface area contributed by atoms with Gasteiger partial charge >= 0.3 is 0 Å². The number of aromatic nitrogens is 2. The van der Waals surface area contributed by atoms with Gasteiger partial charge in [-0.15, -0.1) is 0 Å². The van der Waals surface area contributed by atoms with E-state index in [0.717, 1.165) is 17.0 Å². The lowest BCUT2D eigenvalue weighted by molar-refractivity contribution is 0.222. The highest BCUT2D eigenvalue weighted by molar-refractivity contribution is 6.35. The highest BCUT2D eigenvalue weighted by Gasteiger charge is 2.14. The van der Waals surface area contributed by atoms with Gasteiger partial charge in [-0.25, -0.2) is 0 Å². The van der Waals surface area contributed by atoms with E-state index in [1.54, 1.807) is 18.2 Å². The van der Waals surface area contributed by atoms with Crippen molar-refractivity contribution in [1.82, 2.24) is 10.2 Å². The SMILES string of the molecule is CC(Oc1ccc(Cl)cc1Cl)c1cc(-c2cccc(N)c2)n[nH]1. The van der Waals surface area contributed by atoms with Gasteiger partial charge in [-0.1, -0.05) is 35.3 Å². The summed E-state index contributed by atoms with van der Waals surface area (Å²) in [6, 6.07) is 14.6. The Bertz CT molecular complexity index is 832. The van der Waals surface area contributed by atoms with Crippen molar-refractivity contribution < 1.29 is 4.74 Å². The van der Waals surface area contributed by atoms with Gasteiger partial charge in [-0.2, -0.15) is 5.10 Å². The van der Waals surface area contributed by atoms with Crippen LogP contribution in [0.1, 0.15) is 18.7 Å². The molecule has 0 fully saturated rings. The standard InChI is InChI=1S/C17H15Cl2N3O/c1-10(23-17-6-5-12(18)8-14(17)19)15-9-16(22-21-15)11-3-2-4-13(20)7-11/h2-10H,20H2,1H3,(H,21,22). The molecule has 1 aromatic heterocycles. The fourth-order valence-corrected chi connectivity index (χ4v) is 2.67. The molecule has 0 aliphatic rings. The number of rotatable bonds is 4. The molecule has 0 aliphatic carbocycles. The van der Waals surface area contributed by atoms with E-state index in [-0.39, 0.29) is 6.10 Å². The van der Waals surface area contributed by atoms with E-state index in [1.165, 1.54) is 0 Å². The summed E-state index contributed by atoms with van der Waals surface area (Å²) >= 11 is 12.0. The monoisotopic (exact) mass is 347 g/mol. The Balaban J connectivity index is 1.79. The number of halogens is 2. The maximum absolute atomic E-state index is 6.13.